The van der Waals surface area contributed by atoms with Crippen LogP contribution >= 0.6 is 23.2 Å². The maximum Gasteiger partial charge on any atom is 0.335 e. The lowest BCUT2D eigenvalue weighted by molar-refractivity contribution is 0.0696. The van der Waals surface area contributed by atoms with Crippen LogP contribution in [0.5, 0.6) is 0 Å². The van der Waals surface area contributed by atoms with Gasteiger partial charge in [-0.25, -0.2) is 4.79 Å². The van der Waals surface area contributed by atoms with Crippen molar-refractivity contribution < 1.29 is 9.90 Å². The number of halogens is 2. The lowest BCUT2D eigenvalue weighted by Gasteiger charge is -2.38. The van der Waals surface area contributed by atoms with E-state index in [4.69, 9.17) is 23.2 Å². The zero-order valence-electron chi connectivity index (χ0n) is 12.7. The predicted molar refractivity (Wildman–Crippen MR) is 96.2 cm³/mol. The molecule has 24 heavy (non-hydrogen) atoms. The third kappa shape index (κ3) is 2.40. The Balaban J connectivity index is 1.81. The SMILES string of the molecule is O=C(O)c1ccc2c(c1)[C@H]1C=CC[C@H]1[C@@H](c1cccc(Cl)c1Cl)N2. The molecule has 1 heterocycles. The molecule has 2 aromatic rings. The maximum atomic E-state index is 11.3. The molecule has 0 fully saturated rings. The van der Waals surface area contributed by atoms with Crippen LogP contribution in [0.4, 0.5) is 5.69 Å². The highest BCUT2D eigenvalue weighted by atomic mass is 35.5. The molecule has 0 bridgehead atoms. The Morgan fingerprint density at radius 2 is 2.00 bits per heavy atom. The molecule has 2 aliphatic rings. The number of benzene rings is 2. The minimum atomic E-state index is -0.906. The smallest absolute Gasteiger partial charge is 0.335 e. The van der Waals surface area contributed by atoms with Gasteiger partial charge in [0.1, 0.15) is 0 Å². The van der Waals surface area contributed by atoms with Crippen molar-refractivity contribution in [2.75, 3.05) is 5.32 Å². The van der Waals surface area contributed by atoms with Crippen LogP contribution in [0, 0.1) is 5.92 Å². The number of anilines is 1. The van der Waals surface area contributed by atoms with Crippen molar-refractivity contribution in [1.82, 2.24) is 0 Å². The second-order valence-corrected chi connectivity index (χ2v) is 7.01. The number of carbonyl (C=O) groups is 1. The summed E-state index contributed by atoms with van der Waals surface area (Å²) in [6.45, 7) is 0. The van der Waals surface area contributed by atoms with Crippen molar-refractivity contribution in [3.8, 4) is 0 Å². The Morgan fingerprint density at radius 1 is 1.17 bits per heavy atom. The van der Waals surface area contributed by atoms with E-state index in [2.05, 4.69) is 17.5 Å². The number of carboxylic acid groups (broad SMARTS) is 1. The molecule has 0 unspecified atom stereocenters. The largest absolute Gasteiger partial charge is 0.478 e. The number of hydrogen-bond donors (Lipinski definition) is 2. The maximum absolute atomic E-state index is 11.3. The predicted octanol–water partition coefficient (Wildman–Crippen LogP) is 5.52. The van der Waals surface area contributed by atoms with Gasteiger partial charge in [0.15, 0.2) is 0 Å². The first-order valence-corrected chi connectivity index (χ1v) is 8.56. The molecular weight excluding hydrogens is 345 g/mol. The third-order valence-electron chi connectivity index (χ3n) is 4.93. The summed E-state index contributed by atoms with van der Waals surface area (Å²) < 4.78 is 0. The first-order valence-electron chi connectivity index (χ1n) is 7.80. The lowest BCUT2D eigenvalue weighted by atomic mass is 9.76. The molecule has 0 saturated carbocycles. The Labute approximate surface area is 149 Å². The van der Waals surface area contributed by atoms with Gasteiger partial charge in [-0.15, -0.1) is 0 Å². The van der Waals surface area contributed by atoms with Gasteiger partial charge in [-0.05, 0) is 47.7 Å². The fourth-order valence-electron chi connectivity index (χ4n) is 3.80. The molecule has 1 aliphatic carbocycles. The zero-order valence-corrected chi connectivity index (χ0v) is 14.2. The number of allylic oxidation sites excluding steroid dienone is 2. The number of aromatic carboxylic acids is 1. The van der Waals surface area contributed by atoms with E-state index in [1.165, 1.54) is 0 Å². The van der Waals surface area contributed by atoms with E-state index in [-0.39, 0.29) is 17.9 Å². The molecule has 2 aromatic carbocycles. The van der Waals surface area contributed by atoms with Crippen LogP contribution in [-0.2, 0) is 0 Å². The summed E-state index contributed by atoms with van der Waals surface area (Å²) in [5.74, 6) is -0.436. The lowest BCUT2D eigenvalue weighted by Crippen LogP contribution is -2.29. The molecule has 0 radical (unpaired) electrons. The normalized spacial score (nSPS) is 24.2. The summed E-state index contributed by atoms with van der Waals surface area (Å²) in [5.41, 5.74) is 3.28. The van der Waals surface area contributed by atoms with Gasteiger partial charge in [-0.2, -0.15) is 0 Å². The highest BCUT2D eigenvalue weighted by Gasteiger charge is 2.39. The minimum Gasteiger partial charge on any atom is -0.478 e. The van der Waals surface area contributed by atoms with Gasteiger partial charge in [0.2, 0.25) is 0 Å². The third-order valence-corrected chi connectivity index (χ3v) is 5.76. The Morgan fingerprint density at radius 3 is 2.79 bits per heavy atom. The van der Waals surface area contributed by atoms with Crippen LogP contribution < -0.4 is 5.32 Å². The van der Waals surface area contributed by atoms with Gasteiger partial charge in [0.25, 0.3) is 0 Å². The van der Waals surface area contributed by atoms with E-state index in [0.717, 1.165) is 23.2 Å². The van der Waals surface area contributed by atoms with Crippen LogP contribution in [0.25, 0.3) is 0 Å². The first kappa shape index (κ1) is 15.6. The van der Waals surface area contributed by atoms with E-state index in [9.17, 15) is 9.90 Å². The van der Waals surface area contributed by atoms with Crippen molar-refractivity contribution in [3.63, 3.8) is 0 Å². The quantitative estimate of drug-likeness (QED) is 0.694. The molecule has 3 nitrogen and oxygen atoms in total. The van der Waals surface area contributed by atoms with Gasteiger partial charge in [0, 0.05) is 11.6 Å². The number of carboxylic acids is 1. The van der Waals surface area contributed by atoms with Crippen molar-refractivity contribution in [2.45, 2.75) is 18.4 Å². The summed E-state index contributed by atoms with van der Waals surface area (Å²) in [4.78, 5) is 11.3. The van der Waals surface area contributed by atoms with Crippen LogP contribution in [0.3, 0.4) is 0 Å². The minimum absolute atomic E-state index is 0.0411. The van der Waals surface area contributed by atoms with E-state index in [0.29, 0.717) is 15.6 Å². The molecule has 4 rings (SSSR count). The second-order valence-electron chi connectivity index (χ2n) is 6.23. The van der Waals surface area contributed by atoms with Crippen LogP contribution in [0.1, 0.15) is 39.9 Å². The zero-order chi connectivity index (χ0) is 16.8. The van der Waals surface area contributed by atoms with Crippen LogP contribution in [0.2, 0.25) is 10.0 Å². The van der Waals surface area contributed by atoms with Crippen molar-refractivity contribution in [1.29, 1.82) is 0 Å². The average Bonchev–Trinajstić information content (AvgIpc) is 3.06. The van der Waals surface area contributed by atoms with Crippen molar-refractivity contribution in [3.05, 3.63) is 75.3 Å². The molecule has 0 saturated heterocycles. The summed E-state index contributed by atoms with van der Waals surface area (Å²) in [6.07, 6.45) is 5.24. The number of nitrogens with one attached hydrogen (secondary N) is 1. The van der Waals surface area contributed by atoms with E-state index in [1.54, 1.807) is 18.2 Å². The summed E-state index contributed by atoms with van der Waals surface area (Å²) in [6, 6.07) is 11.0. The molecule has 1 aliphatic heterocycles. The molecule has 5 heteroatoms. The van der Waals surface area contributed by atoms with Crippen LogP contribution in [0.15, 0.2) is 48.6 Å². The highest BCUT2D eigenvalue weighted by Crippen LogP contribution is 2.51. The van der Waals surface area contributed by atoms with E-state index < -0.39 is 5.97 Å². The van der Waals surface area contributed by atoms with Gasteiger partial charge >= 0.3 is 5.97 Å². The molecule has 2 N–H and O–H groups in total. The molecule has 0 amide bonds. The molecule has 3 atom stereocenters. The molecule has 0 aromatic heterocycles. The number of fused-ring (bicyclic) bond motifs is 3. The fraction of sp³-hybridized carbons (Fsp3) is 0.211. The molecular formula is C19H15Cl2NO2. The standard InChI is InChI=1S/C19H15Cl2NO2/c20-15-6-2-5-13(17(15)21)18-12-4-1-3-11(12)14-9-10(19(23)24)7-8-16(14)22-18/h1-3,5-9,11-12,18,22H,4H2,(H,23,24)/t11-,12+,18-/m0/s1. The van der Waals surface area contributed by atoms with Crippen molar-refractivity contribution >= 4 is 34.9 Å². The van der Waals surface area contributed by atoms with Gasteiger partial charge in [-0.1, -0.05) is 47.5 Å². The van der Waals surface area contributed by atoms with E-state index in [1.807, 2.05) is 18.2 Å². The first-order chi connectivity index (χ1) is 11.6. The molecule has 122 valence electrons. The van der Waals surface area contributed by atoms with Crippen LogP contribution in [-0.4, -0.2) is 11.1 Å². The fourth-order valence-corrected chi connectivity index (χ4v) is 4.22. The highest BCUT2D eigenvalue weighted by molar-refractivity contribution is 6.42. The number of rotatable bonds is 2. The Bertz CT molecular complexity index is 862. The number of hydrogen-bond acceptors (Lipinski definition) is 2. The second kappa shape index (κ2) is 5.83. The summed E-state index contributed by atoms with van der Waals surface area (Å²) in [5, 5.41) is 13.9. The van der Waals surface area contributed by atoms with E-state index >= 15 is 0 Å². The van der Waals surface area contributed by atoms with Gasteiger partial charge in [-0.3, -0.25) is 0 Å². The molecule has 0 spiro atoms. The monoisotopic (exact) mass is 359 g/mol. The summed E-state index contributed by atoms with van der Waals surface area (Å²) in [7, 11) is 0. The Hall–Kier alpha value is -1.97. The summed E-state index contributed by atoms with van der Waals surface area (Å²) >= 11 is 12.6. The average molecular weight is 360 g/mol. The van der Waals surface area contributed by atoms with Gasteiger partial charge in [0.05, 0.1) is 21.7 Å². The topological polar surface area (TPSA) is 49.3 Å². The van der Waals surface area contributed by atoms with Gasteiger partial charge < -0.3 is 10.4 Å². The van der Waals surface area contributed by atoms with Crippen molar-refractivity contribution in [2.24, 2.45) is 5.92 Å². The Kier molecular flexibility index (Phi) is 3.78.